The van der Waals surface area contributed by atoms with E-state index in [-0.39, 0.29) is 13.0 Å². The van der Waals surface area contributed by atoms with Crippen molar-refractivity contribution in [2.75, 3.05) is 20.8 Å². The van der Waals surface area contributed by atoms with Crippen LogP contribution in [0.25, 0.3) is 0 Å². The van der Waals surface area contributed by atoms with Crippen LogP contribution in [0.1, 0.15) is 13.3 Å². The predicted molar refractivity (Wildman–Crippen MR) is 54.0 cm³/mol. The average molecular weight is 256 g/mol. The third-order valence-corrected chi connectivity index (χ3v) is 2.39. The number of carbonyl (C=O) groups is 1. The number of methoxy groups -OCH3 is 2. The van der Waals surface area contributed by atoms with Gasteiger partial charge in [-0.2, -0.15) is 8.42 Å². The first-order valence-electron chi connectivity index (χ1n) is 4.42. The van der Waals surface area contributed by atoms with Gasteiger partial charge in [-0.1, -0.05) is 6.92 Å². The first-order valence-corrected chi connectivity index (χ1v) is 5.92. The van der Waals surface area contributed by atoms with E-state index in [0.717, 1.165) is 0 Å². The van der Waals surface area contributed by atoms with E-state index in [2.05, 4.69) is 4.84 Å². The van der Waals surface area contributed by atoms with Gasteiger partial charge in [0.05, 0.1) is 0 Å². The van der Waals surface area contributed by atoms with Crippen molar-refractivity contribution in [1.82, 2.24) is 4.47 Å². The van der Waals surface area contributed by atoms with Crippen LogP contribution in [0.2, 0.25) is 0 Å². The fourth-order valence-corrected chi connectivity index (χ4v) is 1.25. The molecule has 8 nitrogen and oxygen atoms in total. The number of hydroxylamine groups is 1. The summed E-state index contributed by atoms with van der Waals surface area (Å²) >= 11 is 0. The molecule has 2 N–H and O–H groups in total. The van der Waals surface area contributed by atoms with E-state index >= 15 is 0 Å². The molecule has 0 saturated carbocycles. The zero-order valence-electron chi connectivity index (χ0n) is 9.37. The summed E-state index contributed by atoms with van der Waals surface area (Å²) in [5.74, 6) is -0.722. The van der Waals surface area contributed by atoms with Crippen LogP contribution in [0.3, 0.4) is 0 Å². The Kier molecular flexibility index (Phi) is 6.45. The molecule has 0 saturated heterocycles. The molecule has 0 unspecified atom stereocenters. The van der Waals surface area contributed by atoms with Gasteiger partial charge in [0, 0.05) is 20.6 Å². The average Bonchev–Trinajstić information content (AvgIpc) is 2.22. The van der Waals surface area contributed by atoms with Crippen molar-refractivity contribution in [3.8, 4) is 0 Å². The highest BCUT2D eigenvalue weighted by Gasteiger charge is 2.25. The van der Waals surface area contributed by atoms with Gasteiger partial charge in [-0.3, -0.25) is 4.79 Å². The predicted octanol–water partition coefficient (Wildman–Crippen LogP) is -1.02. The highest BCUT2D eigenvalue weighted by molar-refractivity contribution is 7.86. The van der Waals surface area contributed by atoms with Crippen LogP contribution in [0.15, 0.2) is 0 Å². The molecule has 9 heteroatoms. The van der Waals surface area contributed by atoms with Gasteiger partial charge in [-0.15, -0.1) is 0 Å². The molecule has 0 heterocycles. The molecule has 0 amide bonds. The zero-order chi connectivity index (χ0) is 12.8. The second-order valence-electron chi connectivity index (χ2n) is 2.75. The molecular weight excluding hydrogens is 240 g/mol. The Balaban J connectivity index is 4.63. The summed E-state index contributed by atoms with van der Waals surface area (Å²) in [6.45, 7) is 1.19. The van der Waals surface area contributed by atoms with Gasteiger partial charge < -0.3 is 14.3 Å². The number of rotatable bonds is 7. The minimum Gasteiger partial charge on any atom is -0.354 e. The molecule has 0 atom stereocenters. The lowest BCUT2D eigenvalue weighted by atomic mass is 10.5. The molecule has 0 rings (SSSR count). The molecule has 96 valence electrons. The molecule has 0 aliphatic carbocycles. The quantitative estimate of drug-likeness (QED) is 0.461. The smallest absolute Gasteiger partial charge is 0.326 e. The van der Waals surface area contributed by atoms with Gasteiger partial charge >= 0.3 is 16.2 Å². The van der Waals surface area contributed by atoms with Gasteiger partial charge in [0.15, 0.2) is 6.29 Å². The normalized spacial score (nSPS) is 12.1. The summed E-state index contributed by atoms with van der Waals surface area (Å²) in [4.78, 5) is 15.5. The molecule has 16 heavy (non-hydrogen) atoms. The van der Waals surface area contributed by atoms with Crippen molar-refractivity contribution < 1.29 is 27.5 Å². The van der Waals surface area contributed by atoms with Crippen LogP contribution in [-0.2, 0) is 29.3 Å². The number of ether oxygens (including phenoxy) is 2. The SMILES string of the molecule is CCC(=O)ON(CC(OC)OC)S(N)(=O)=O. The lowest BCUT2D eigenvalue weighted by molar-refractivity contribution is -0.187. The maximum atomic E-state index is 11.1. The van der Waals surface area contributed by atoms with Gasteiger partial charge in [0.2, 0.25) is 0 Å². The van der Waals surface area contributed by atoms with Gasteiger partial charge in [0.25, 0.3) is 0 Å². The summed E-state index contributed by atoms with van der Waals surface area (Å²) < 4.78 is 32.0. The highest BCUT2D eigenvalue weighted by atomic mass is 32.2. The Labute approximate surface area is 94.4 Å². The number of nitrogens with zero attached hydrogens (tertiary/aromatic N) is 1. The minimum atomic E-state index is -4.16. The first kappa shape index (κ1) is 15.3. The number of carbonyl (C=O) groups excluding carboxylic acids is 1. The number of nitrogens with two attached hydrogens (primary N) is 1. The Hall–Kier alpha value is -0.740. The minimum absolute atomic E-state index is 0.0245. The van der Waals surface area contributed by atoms with E-state index in [1.807, 2.05) is 0 Å². The fourth-order valence-electron chi connectivity index (χ4n) is 0.738. The number of hydrogen-bond donors (Lipinski definition) is 1. The fraction of sp³-hybridized carbons (Fsp3) is 0.857. The Morgan fingerprint density at radius 1 is 1.38 bits per heavy atom. The highest BCUT2D eigenvalue weighted by Crippen LogP contribution is 2.03. The monoisotopic (exact) mass is 256 g/mol. The molecule has 0 aliphatic heterocycles. The molecule has 0 aromatic rings. The van der Waals surface area contributed by atoms with Crippen molar-refractivity contribution in [3.05, 3.63) is 0 Å². The van der Waals surface area contributed by atoms with Crippen molar-refractivity contribution in [1.29, 1.82) is 0 Å². The summed E-state index contributed by atoms with van der Waals surface area (Å²) in [5, 5.41) is 4.85. The summed E-state index contributed by atoms with van der Waals surface area (Å²) in [6.07, 6.45) is -0.848. The lowest BCUT2D eigenvalue weighted by Crippen LogP contribution is -2.43. The topological polar surface area (TPSA) is 108 Å². The van der Waals surface area contributed by atoms with E-state index in [4.69, 9.17) is 14.6 Å². The zero-order valence-corrected chi connectivity index (χ0v) is 10.2. The third kappa shape index (κ3) is 5.37. The Morgan fingerprint density at radius 3 is 2.19 bits per heavy atom. The van der Waals surface area contributed by atoms with E-state index < -0.39 is 22.5 Å². The van der Waals surface area contributed by atoms with E-state index in [1.165, 1.54) is 21.1 Å². The van der Waals surface area contributed by atoms with Crippen molar-refractivity contribution in [3.63, 3.8) is 0 Å². The lowest BCUT2D eigenvalue weighted by Gasteiger charge is -2.21. The standard InChI is InChI=1S/C7H16N2O6S/c1-4-6(10)15-9(16(8,11)12)5-7(13-2)14-3/h7H,4-5H2,1-3H3,(H2,8,11,12). The summed E-state index contributed by atoms with van der Waals surface area (Å²) in [6, 6.07) is 0. The third-order valence-electron chi connectivity index (χ3n) is 1.60. The van der Waals surface area contributed by atoms with Crippen LogP contribution in [0.4, 0.5) is 0 Å². The maximum Gasteiger partial charge on any atom is 0.326 e. The van der Waals surface area contributed by atoms with Crippen molar-refractivity contribution >= 4 is 16.2 Å². The van der Waals surface area contributed by atoms with Crippen molar-refractivity contribution in [2.24, 2.45) is 5.14 Å². The van der Waals surface area contributed by atoms with Crippen LogP contribution in [-0.4, -0.2) is 45.9 Å². The Morgan fingerprint density at radius 2 is 1.88 bits per heavy atom. The summed E-state index contributed by atoms with van der Waals surface area (Å²) in [5.41, 5.74) is 0. The molecule has 0 bridgehead atoms. The van der Waals surface area contributed by atoms with E-state index in [9.17, 15) is 13.2 Å². The van der Waals surface area contributed by atoms with Crippen molar-refractivity contribution in [2.45, 2.75) is 19.6 Å². The Bertz CT molecular complexity index is 313. The van der Waals surface area contributed by atoms with Crippen LogP contribution in [0, 0.1) is 0 Å². The summed E-state index contributed by atoms with van der Waals surface area (Å²) in [7, 11) is -1.52. The van der Waals surface area contributed by atoms with Gasteiger partial charge in [0.1, 0.15) is 6.54 Å². The first-order chi connectivity index (χ1) is 7.35. The van der Waals surface area contributed by atoms with E-state index in [0.29, 0.717) is 4.47 Å². The molecule has 0 aliphatic rings. The maximum absolute atomic E-state index is 11.1. The largest absolute Gasteiger partial charge is 0.354 e. The molecule has 0 fully saturated rings. The van der Waals surface area contributed by atoms with Crippen LogP contribution < -0.4 is 5.14 Å². The molecule has 0 radical (unpaired) electrons. The molecule has 0 spiro atoms. The molecule has 0 aromatic carbocycles. The molecular formula is C7H16N2O6S. The number of hydrogen-bond acceptors (Lipinski definition) is 6. The molecule has 0 aromatic heterocycles. The van der Waals surface area contributed by atoms with Gasteiger partial charge in [-0.05, 0) is 4.47 Å². The second-order valence-corrected chi connectivity index (χ2v) is 4.19. The van der Waals surface area contributed by atoms with Crippen LogP contribution >= 0.6 is 0 Å². The second kappa shape index (κ2) is 6.76. The van der Waals surface area contributed by atoms with Crippen LogP contribution in [0.5, 0.6) is 0 Å². The van der Waals surface area contributed by atoms with Gasteiger partial charge in [-0.25, -0.2) is 5.14 Å². The van der Waals surface area contributed by atoms with E-state index in [1.54, 1.807) is 0 Å².